The Bertz CT molecular complexity index is 898. The molecule has 1 heterocycles. The van der Waals surface area contributed by atoms with Crippen molar-refractivity contribution in [1.82, 2.24) is 4.90 Å². The highest BCUT2D eigenvalue weighted by Gasteiger charge is 2.21. The van der Waals surface area contributed by atoms with E-state index >= 15 is 0 Å². The van der Waals surface area contributed by atoms with E-state index < -0.39 is 0 Å². The first-order chi connectivity index (χ1) is 13.0. The molecule has 140 valence electrons. The lowest BCUT2D eigenvalue weighted by atomic mass is 9.99. The van der Waals surface area contributed by atoms with E-state index in [0.29, 0.717) is 0 Å². The van der Waals surface area contributed by atoms with Crippen molar-refractivity contribution in [3.05, 3.63) is 77.7 Å². The van der Waals surface area contributed by atoms with E-state index in [1.165, 1.54) is 5.56 Å². The van der Waals surface area contributed by atoms with Gasteiger partial charge in [-0.05, 0) is 49.2 Å². The van der Waals surface area contributed by atoms with Crippen LogP contribution < -0.4 is 4.74 Å². The molecule has 0 saturated heterocycles. The summed E-state index contributed by atoms with van der Waals surface area (Å²) < 4.78 is 10.9. The quantitative estimate of drug-likeness (QED) is 0.617. The number of carbonyl (C=O) groups excluding carboxylic acids is 1. The number of aryl methyl sites for hydroxylation is 1. The van der Waals surface area contributed by atoms with E-state index in [-0.39, 0.29) is 18.4 Å². The van der Waals surface area contributed by atoms with Crippen LogP contribution in [0.15, 0.2) is 65.3 Å². The lowest BCUT2D eigenvalue weighted by Gasteiger charge is -2.24. The third-order valence-electron chi connectivity index (χ3n) is 4.94. The van der Waals surface area contributed by atoms with Gasteiger partial charge in [-0.15, -0.1) is 0 Å². The summed E-state index contributed by atoms with van der Waals surface area (Å²) in [6.07, 6.45) is 1.89. The Kier molecular flexibility index (Phi) is 5.65. The van der Waals surface area contributed by atoms with Gasteiger partial charge in [-0.2, -0.15) is 0 Å². The topological polar surface area (TPSA) is 42.7 Å². The minimum Gasteiger partial charge on any atom is -0.496 e. The van der Waals surface area contributed by atoms with Gasteiger partial charge >= 0.3 is 0 Å². The van der Waals surface area contributed by atoms with E-state index in [2.05, 4.69) is 31.2 Å². The van der Waals surface area contributed by atoms with Crippen molar-refractivity contribution < 1.29 is 13.9 Å². The maximum absolute atomic E-state index is 12.8. The van der Waals surface area contributed by atoms with Gasteiger partial charge in [-0.1, -0.05) is 35.9 Å². The molecule has 2 aromatic carbocycles. The van der Waals surface area contributed by atoms with Crippen LogP contribution in [-0.2, 0) is 11.2 Å². The summed E-state index contributed by atoms with van der Waals surface area (Å²) in [5.41, 5.74) is 4.28. The van der Waals surface area contributed by atoms with Crippen LogP contribution in [-0.4, -0.2) is 25.0 Å². The summed E-state index contributed by atoms with van der Waals surface area (Å²) in [6.45, 7) is 4.02. The van der Waals surface area contributed by atoms with Crippen LogP contribution >= 0.6 is 0 Å². The van der Waals surface area contributed by atoms with Gasteiger partial charge < -0.3 is 14.1 Å². The van der Waals surface area contributed by atoms with Crippen molar-refractivity contribution in [2.24, 2.45) is 0 Å². The number of ether oxygens (including phenoxy) is 1. The molecule has 1 aromatic heterocycles. The van der Waals surface area contributed by atoms with Gasteiger partial charge in [0.2, 0.25) is 5.91 Å². The normalized spacial score (nSPS) is 11.9. The van der Waals surface area contributed by atoms with Gasteiger partial charge in [0.25, 0.3) is 0 Å². The summed E-state index contributed by atoms with van der Waals surface area (Å²) in [6, 6.07) is 17.9. The SMILES string of the molecule is COc1ccc(-c2ccc(C)cc2)cc1CC(=O)N(C)C(C)c1ccco1. The molecule has 0 fully saturated rings. The zero-order valence-corrected chi connectivity index (χ0v) is 16.2. The lowest BCUT2D eigenvalue weighted by molar-refractivity contribution is -0.131. The number of hydrogen-bond donors (Lipinski definition) is 0. The molecule has 0 aliphatic rings. The van der Waals surface area contributed by atoms with Gasteiger partial charge in [-0.3, -0.25) is 4.79 Å². The highest BCUT2D eigenvalue weighted by atomic mass is 16.5. The second-order valence-electron chi connectivity index (χ2n) is 6.77. The molecule has 3 aromatic rings. The summed E-state index contributed by atoms with van der Waals surface area (Å²) >= 11 is 0. The second-order valence-corrected chi connectivity index (χ2v) is 6.77. The minimum atomic E-state index is -0.126. The summed E-state index contributed by atoms with van der Waals surface area (Å²) in [7, 11) is 3.43. The van der Waals surface area contributed by atoms with Crippen LogP contribution in [0.25, 0.3) is 11.1 Å². The molecule has 1 unspecified atom stereocenters. The number of methoxy groups -OCH3 is 1. The third kappa shape index (κ3) is 4.22. The van der Waals surface area contributed by atoms with Crippen molar-refractivity contribution in [3.8, 4) is 16.9 Å². The Morgan fingerprint density at radius 1 is 1.11 bits per heavy atom. The van der Waals surface area contributed by atoms with Crippen LogP contribution in [0.2, 0.25) is 0 Å². The molecule has 0 saturated carbocycles. The fraction of sp³-hybridized carbons (Fsp3) is 0.261. The number of likely N-dealkylation sites (N-methyl/N-ethyl adjacent to an activating group) is 1. The molecule has 0 radical (unpaired) electrons. The van der Waals surface area contributed by atoms with E-state index in [4.69, 9.17) is 9.15 Å². The van der Waals surface area contributed by atoms with E-state index in [9.17, 15) is 4.79 Å². The average molecular weight is 363 g/mol. The fourth-order valence-corrected chi connectivity index (χ4v) is 3.07. The standard InChI is InChI=1S/C23H25NO3/c1-16-7-9-18(10-8-16)19-11-12-22(26-4)20(14-19)15-23(25)24(3)17(2)21-6-5-13-27-21/h5-14,17H,15H2,1-4H3. The van der Waals surface area contributed by atoms with Crippen molar-refractivity contribution in [2.75, 3.05) is 14.2 Å². The minimum absolute atomic E-state index is 0.0123. The Morgan fingerprint density at radius 2 is 1.81 bits per heavy atom. The van der Waals surface area contributed by atoms with Crippen molar-refractivity contribution in [1.29, 1.82) is 0 Å². The van der Waals surface area contributed by atoms with E-state index in [0.717, 1.165) is 28.2 Å². The number of rotatable bonds is 6. The van der Waals surface area contributed by atoms with Gasteiger partial charge in [0, 0.05) is 12.6 Å². The average Bonchev–Trinajstić information content (AvgIpc) is 3.22. The van der Waals surface area contributed by atoms with Crippen molar-refractivity contribution >= 4 is 5.91 Å². The van der Waals surface area contributed by atoms with E-state index in [1.54, 1.807) is 25.3 Å². The van der Waals surface area contributed by atoms with Gasteiger partial charge in [0.1, 0.15) is 11.5 Å². The molecule has 27 heavy (non-hydrogen) atoms. The second kappa shape index (κ2) is 8.12. The van der Waals surface area contributed by atoms with Crippen LogP contribution in [0, 0.1) is 6.92 Å². The van der Waals surface area contributed by atoms with Gasteiger partial charge in [0.05, 0.1) is 25.8 Å². The van der Waals surface area contributed by atoms with E-state index in [1.807, 2.05) is 37.3 Å². The molecule has 0 aliphatic carbocycles. The number of nitrogens with zero attached hydrogens (tertiary/aromatic N) is 1. The van der Waals surface area contributed by atoms with Crippen LogP contribution in [0.1, 0.15) is 29.9 Å². The summed E-state index contributed by atoms with van der Waals surface area (Å²) in [5.74, 6) is 1.50. The summed E-state index contributed by atoms with van der Waals surface area (Å²) in [5, 5.41) is 0. The molecule has 0 spiro atoms. The molecule has 1 amide bonds. The maximum atomic E-state index is 12.8. The number of furan rings is 1. The zero-order chi connectivity index (χ0) is 19.4. The lowest BCUT2D eigenvalue weighted by Crippen LogP contribution is -2.30. The van der Waals surface area contributed by atoms with Gasteiger partial charge in [-0.25, -0.2) is 0 Å². The first kappa shape index (κ1) is 18.8. The Balaban J connectivity index is 1.83. The molecule has 0 N–H and O–H groups in total. The van der Waals surface area contributed by atoms with Crippen LogP contribution in [0.4, 0.5) is 0 Å². The Labute approximate surface area is 160 Å². The third-order valence-corrected chi connectivity index (χ3v) is 4.94. The number of carbonyl (C=O) groups is 1. The fourth-order valence-electron chi connectivity index (χ4n) is 3.07. The smallest absolute Gasteiger partial charge is 0.227 e. The number of amides is 1. The first-order valence-corrected chi connectivity index (χ1v) is 9.02. The highest BCUT2D eigenvalue weighted by molar-refractivity contribution is 5.80. The molecule has 4 heteroatoms. The summed E-state index contributed by atoms with van der Waals surface area (Å²) in [4.78, 5) is 14.5. The van der Waals surface area contributed by atoms with Crippen LogP contribution in [0.3, 0.4) is 0 Å². The Morgan fingerprint density at radius 3 is 2.44 bits per heavy atom. The predicted octanol–water partition coefficient (Wildman–Crippen LogP) is 5.03. The molecule has 0 bridgehead atoms. The molecular formula is C23H25NO3. The van der Waals surface area contributed by atoms with Gasteiger partial charge in [0.15, 0.2) is 0 Å². The van der Waals surface area contributed by atoms with Crippen LogP contribution in [0.5, 0.6) is 5.75 Å². The number of hydrogen-bond acceptors (Lipinski definition) is 3. The maximum Gasteiger partial charge on any atom is 0.227 e. The molecular weight excluding hydrogens is 338 g/mol. The molecule has 4 nitrogen and oxygen atoms in total. The zero-order valence-electron chi connectivity index (χ0n) is 16.2. The largest absolute Gasteiger partial charge is 0.496 e. The highest BCUT2D eigenvalue weighted by Crippen LogP contribution is 2.28. The van der Waals surface area contributed by atoms with Crippen molar-refractivity contribution in [3.63, 3.8) is 0 Å². The molecule has 3 rings (SSSR count). The monoisotopic (exact) mass is 363 g/mol. The first-order valence-electron chi connectivity index (χ1n) is 9.02. The van der Waals surface area contributed by atoms with Crippen molar-refractivity contribution in [2.45, 2.75) is 26.3 Å². The number of benzene rings is 2. The molecule has 1 atom stereocenters. The molecule has 0 aliphatic heterocycles. The Hall–Kier alpha value is -3.01. The predicted molar refractivity (Wildman–Crippen MR) is 107 cm³/mol.